The SMILES string of the molecule is N#Cc1cc(N2CCC(CS(N)(=O)=O)CC2)c2ccccc2n1. The van der Waals surface area contributed by atoms with Gasteiger partial charge in [-0.15, -0.1) is 0 Å². The Morgan fingerprint density at radius 1 is 1.30 bits per heavy atom. The summed E-state index contributed by atoms with van der Waals surface area (Å²) in [5.41, 5.74) is 2.18. The zero-order chi connectivity index (χ0) is 16.4. The molecule has 2 aromatic rings. The summed E-state index contributed by atoms with van der Waals surface area (Å²) in [6.45, 7) is 1.50. The van der Waals surface area contributed by atoms with Gasteiger partial charge in [-0.3, -0.25) is 0 Å². The van der Waals surface area contributed by atoms with Gasteiger partial charge in [-0.25, -0.2) is 18.5 Å². The molecular weight excluding hydrogens is 312 g/mol. The normalized spacial score (nSPS) is 16.4. The van der Waals surface area contributed by atoms with Crippen LogP contribution in [0.2, 0.25) is 0 Å². The van der Waals surface area contributed by atoms with Gasteiger partial charge in [-0.1, -0.05) is 18.2 Å². The molecule has 0 radical (unpaired) electrons. The highest BCUT2D eigenvalue weighted by Gasteiger charge is 2.24. The van der Waals surface area contributed by atoms with Gasteiger partial charge in [0.25, 0.3) is 0 Å². The van der Waals surface area contributed by atoms with Gasteiger partial charge in [0.2, 0.25) is 10.0 Å². The molecule has 2 heterocycles. The average molecular weight is 330 g/mol. The highest BCUT2D eigenvalue weighted by molar-refractivity contribution is 7.89. The van der Waals surface area contributed by atoms with E-state index in [1.165, 1.54) is 0 Å². The standard InChI is InChI=1S/C16H18N4O2S/c17-10-13-9-16(14-3-1-2-4-15(14)19-13)20-7-5-12(6-8-20)11-23(18,21)22/h1-4,9,12H,5-8,11H2,(H2,18,21,22). The zero-order valence-electron chi connectivity index (χ0n) is 12.6. The Morgan fingerprint density at radius 3 is 2.65 bits per heavy atom. The summed E-state index contributed by atoms with van der Waals surface area (Å²) in [5.74, 6) is 0.145. The first-order valence-corrected chi connectivity index (χ1v) is 9.23. The zero-order valence-corrected chi connectivity index (χ0v) is 13.5. The molecular formula is C16H18N4O2S. The fourth-order valence-corrected chi connectivity index (χ4v) is 4.14. The van der Waals surface area contributed by atoms with E-state index < -0.39 is 10.0 Å². The van der Waals surface area contributed by atoms with Gasteiger partial charge in [-0.05, 0) is 30.9 Å². The van der Waals surface area contributed by atoms with Crippen molar-refractivity contribution in [3.8, 4) is 6.07 Å². The van der Waals surface area contributed by atoms with Crippen LogP contribution in [0.3, 0.4) is 0 Å². The smallest absolute Gasteiger partial charge is 0.209 e. The van der Waals surface area contributed by atoms with Gasteiger partial charge >= 0.3 is 0 Å². The second kappa shape index (κ2) is 6.14. The lowest BCUT2D eigenvalue weighted by Crippen LogP contribution is -2.37. The molecule has 7 heteroatoms. The number of piperidine rings is 1. The van der Waals surface area contributed by atoms with Crippen molar-refractivity contribution in [1.82, 2.24) is 4.98 Å². The Morgan fingerprint density at radius 2 is 2.00 bits per heavy atom. The van der Waals surface area contributed by atoms with Crippen LogP contribution in [0, 0.1) is 17.2 Å². The Balaban J connectivity index is 1.86. The topological polar surface area (TPSA) is 100 Å². The third-order valence-electron chi connectivity index (χ3n) is 4.23. The lowest BCUT2D eigenvalue weighted by atomic mass is 9.98. The molecule has 1 aliphatic rings. The molecule has 120 valence electrons. The highest BCUT2D eigenvalue weighted by atomic mass is 32.2. The molecule has 1 saturated heterocycles. The Bertz CT molecular complexity index is 865. The number of nitrogens with two attached hydrogens (primary N) is 1. The fraction of sp³-hybridized carbons (Fsp3) is 0.375. The number of fused-ring (bicyclic) bond motifs is 1. The van der Waals surface area contributed by atoms with E-state index in [0.29, 0.717) is 5.69 Å². The second-order valence-corrected chi connectivity index (χ2v) is 7.57. The first-order chi connectivity index (χ1) is 11.0. The molecule has 0 spiro atoms. The van der Waals surface area contributed by atoms with Crippen LogP contribution in [0.4, 0.5) is 5.69 Å². The summed E-state index contributed by atoms with van der Waals surface area (Å²) in [6.07, 6.45) is 1.55. The van der Waals surface area contributed by atoms with Crippen molar-refractivity contribution in [2.24, 2.45) is 11.1 Å². The summed E-state index contributed by atoms with van der Waals surface area (Å²) in [4.78, 5) is 6.53. The summed E-state index contributed by atoms with van der Waals surface area (Å²) in [6, 6.07) is 11.7. The van der Waals surface area contributed by atoms with Crippen LogP contribution in [-0.4, -0.2) is 32.2 Å². The molecule has 1 fully saturated rings. The average Bonchev–Trinajstić information content (AvgIpc) is 2.53. The van der Waals surface area contributed by atoms with Gasteiger partial charge in [-0.2, -0.15) is 5.26 Å². The van der Waals surface area contributed by atoms with Crippen molar-refractivity contribution in [3.05, 3.63) is 36.0 Å². The molecule has 0 amide bonds. The minimum atomic E-state index is -3.42. The van der Waals surface area contributed by atoms with Crippen LogP contribution in [0.15, 0.2) is 30.3 Å². The molecule has 1 aromatic carbocycles. The van der Waals surface area contributed by atoms with Gasteiger partial charge in [0.1, 0.15) is 11.8 Å². The van der Waals surface area contributed by atoms with E-state index in [1.807, 2.05) is 30.3 Å². The lowest BCUT2D eigenvalue weighted by Gasteiger charge is -2.34. The fourth-order valence-electron chi connectivity index (χ4n) is 3.14. The molecule has 0 unspecified atom stereocenters. The molecule has 0 saturated carbocycles. The second-order valence-electron chi connectivity index (χ2n) is 5.92. The molecule has 23 heavy (non-hydrogen) atoms. The number of nitriles is 1. The van der Waals surface area contributed by atoms with Crippen LogP contribution >= 0.6 is 0 Å². The minimum Gasteiger partial charge on any atom is -0.371 e. The number of benzene rings is 1. The van der Waals surface area contributed by atoms with E-state index in [9.17, 15) is 13.7 Å². The van der Waals surface area contributed by atoms with Crippen molar-refractivity contribution in [2.45, 2.75) is 12.8 Å². The molecule has 2 N–H and O–H groups in total. The minimum absolute atomic E-state index is 0.0430. The highest BCUT2D eigenvalue weighted by Crippen LogP contribution is 2.30. The van der Waals surface area contributed by atoms with Crippen molar-refractivity contribution >= 4 is 26.6 Å². The number of nitrogens with zero attached hydrogens (tertiary/aromatic N) is 3. The lowest BCUT2D eigenvalue weighted by molar-refractivity contribution is 0.436. The van der Waals surface area contributed by atoms with Crippen LogP contribution in [-0.2, 0) is 10.0 Å². The van der Waals surface area contributed by atoms with Gasteiger partial charge < -0.3 is 4.90 Å². The van der Waals surface area contributed by atoms with Crippen LogP contribution in [0.5, 0.6) is 0 Å². The Kier molecular flexibility index (Phi) is 4.20. The predicted molar refractivity (Wildman–Crippen MR) is 89.4 cm³/mol. The maximum atomic E-state index is 11.2. The number of rotatable bonds is 3. The number of primary sulfonamides is 1. The number of pyridine rings is 1. The van der Waals surface area contributed by atoms with Crippen LogP contribution in [0.1, 0.15) is 18.5 Å². The Hall–Kier alpha value is -2.17. The molecule has 0 aliphatic carbocycles. The number of para-hydroxylation sites is 1. The summed E-state index contributed by atoms with van der Waals surface area (Å²) in [5, 5.41) is 15.3. The first-order valence-electron chi connectivity index (χ1n) is 7.51. The van der Waals surface area contributed by atoms with E-state index in [0.717, 1.165) is 42.5 Å². The van der Waals surface area contributed by atoms with Gasteiger partial charge in [0.15, 0.2) is 0 Å². The van der Waals surface area contributed by atoms with Crippen LogP contribution in [0.25, 0.3) is 10.9 Å². The van der Waals surface area contributed by atoms with E-state index in [4.69, 9.17) is 5.14 Å². The molecule has 6 nitrogen and oxygen atoms in total. The predicted octanol–water partition coefficient (Wildman–Crippen LogP) is 1.61. The van der Waals surface area contributed by atoms with Crippen LogP contribution < -0.4 is 10.0 Å². The van der Waals surface area contributed by atoms with Crippen molar-refractivity contribution in [3.63, 3.8) is 0 Å². The maximum absolute atomic E-state index is 11.2. The summed E-state index contributed by atoms with van der Waals surface area (Å²) >= 11 is 0. The number of aromatic nitrogens is 1. The summed E-state index contributed by atoms with van der Waals surface area (Å²) in [7, 11) is -3.42. The number of anilines is 1. The van der Waals surface area contributed by atoms with E-state index in [2.05, 4.69) is 16.0 Å². The molecule has 0 bridgehead atoms. The molecule has 1 aliphatic heterocycles. The van der Waals surface area contributed by atoms with Gasteiger partial charge in [0.05, 0.1) is 11.3 Å². The number of sulfonamides is 1. The monoisotopic (exact) mass is 330 g/mol. The third-order valence-corrected chi connectivity index (χ3v) is 5.17. The van der Waals surface area contributed by atoms with Crippen molar-refractivity contribution in [2.75, 3.05) is 23.7 Å². The van der Waals surface area contributed by atoms with E-state index >= 15 is 0 Å². The molecule has 3 rings (SSSR count). The van der Waals surface area contributed by atoms with Gasteiger partial charge in [0, 0.05) is 24.2 Å². The molecule has 1 aromatic heterocycles. The summed E-state index contributed by atoms with van der Waals surface area (Å²) < 4.78 is 22.5. The number of hydrogen-bond donors (Lipinski definition) is 1. The number of hydrogen-bond acceptors (Lipinski definition) is 5. The largest absolute Gasteiger partial charge is 0.371 e. The molecule has 0 atom stereocenters. The van der Waals surface area contributed by atoms with E-state index in [-0.39, 0.29) is 11.7 Å². The Labute approximate surface area is 135 Å². The third kappa shape index (κ3) is 3.60. The van der Waals surface area contributed by atoms with Crippen molar-refractivity contribution < 1.29 is 8.42 Å². The maximum Gasteiger partial charge on any atom is 0.209 e. The van der Waals surface area contributed by atoms with E-state index in [1.54, 1.807) is 0 Å². The first kappa shape index (κ1) is 15.7. The van der Waals surface area contributed by atoms with Crippen molar-refractivity contribution in [1.29, 1.82) is 5.26 Å². The quantitative estimate of drug-likeness (QED) is 0.921.